The van der Waals surface area contributed by atoms with Crippen LogP contribution in [-0.4, -0.2) is 11.8 Å². The molecule has 2 N–H and O–H groups in total. The van der Waals surface area contributed by atoms with Crippen LogP contribution in [0.2, 0.25) is 0 Å². The number of hydrogen-bond acceptors (Lipinski definition) is 2. The zero-order valence-corrected chi connectivity index (χ0v) is 15.5. The molecule has 2 aromatic rings. The monoisotopic (exact) mass is 350 g/mol. The van der Waals surface area contributed by atoms with Crippen molar-refractivity contribution < 1.29 is 9.59 Å². The SMILES string of the molecule is Cc1ccc(CNC(=O)C(=O)NC(C)c2ccc3c(c2)CCCC3)cc1. The fraction of sp³-hybridized carbons (Fsp3) is 0.364. The molecular formula is C22H26N2O2. The number of carbonyl (C=O) groups is 2. The largest absolute Gasteiger partial charge is 0.344 e. The van der Waals surface area contributed by atoms with E-state index in [0.29, 0.717) is 6.54 Å². The van der Waals surface area contributed by atoms with Crippen LogP contribution < -0.4 is 10.6 Å². The summed E-state index contributed by atoms with van der Waals surface area (Å²) in [6.45, 7) is 4.27. The molecule has 0 fully saturated rings. The van der Waals surface area contributed by atoms with Crippen LogP contribution >= 0.6 is 0 Å². The molecule has 1 aliphatic carbocycles. The molecule has 3 rings (SSSR count). The molecule has 0 spiro atoms. The first-order valence-corrected chi connectivity index (χ1v) is 9.29. The second-order valence-corrected chi connectivity index (χ2v) is 7.10. The summed E-state index contributed by atoms with van der Waals surface area (Å²) in [4.78, 5) is 24.2. The summed E-state index contributed by atoms with van der Waals surface area (Å²) < 4.78 is 0. The molecule has 4 nitrogen and oxygen atoms in total. The van der Waals surface area contributed by atoms with Crippen LogP contribution in [0.4, 0.5) is 0 Å². The minimum absolute atomic E-state index is 0.195. The molecule has 1 unspecified atom stereocenters. The molecule has 0 aromatic heterocycles. The molecular weight excluding hydrogens is 324 g/mol. The van der Waals surface area contributed by atoms with Crippen molar-refractivity contribution in [3.05, 3.63) is 70.3 Å². The Morgan fingerprint density at radius 2 is 1.65 bits per heavy atom. The Balaban J connectivity index is 1.54. The Hall–Kier alpha value is -2.62. The highest BCUT2D eigenvalue weighted by molar-refractivity contribution is 6.35. The maximum Gasteiger partial charge on any atom is 0.309 e. The van der Waals surface area contributed by atoms with Gasteiger partial charge < -0.3 is 10.6 Å². The van der Waals surface area contributed by atoms with Crippen molar-refractivity contribution >= 4 is 11.8 Å². The third-order valence-corrected chi connectivity index (χ3v) is 5.00. The maximum absolute atomic E-state index is 12.2. The van der Waals surface area contributed by atoms with E-state index in [9.17, 15) is 9.59 Å². The Labute approximate surface area is 155 Å². The molecule has 2 amide bonds. The summed E-state index contributed by atoms with van der Waals surface area (Å²) in [5, 5.41) is 5.47. The van der Waals surface area contributed by atoms with Gasteiger partial charge in [0.25, 0.3) is 0 Å². The van der Waals surface area contributed by atoms with Crippen LogP contribution in [0.1, 0.15) is 53.6 Å². The number of aryl methyl sites for hydroxylation is 3. The van der Waals surface area contributed by atoms with Crippen molar-refractivity contribution in [2.75, 3.05) is 0 Å². The number of rotatable bonds is 4. The van der Waals surface area contributed by atoms with Crippen LogP contribution in [0.15, 0.2) is 42.5 Å². The number of hydrogen-bond donors (Lipinski definition) is 2. The Morgan fingerprint density at radius 1 is 0.962 bits per heavy atom. The van der Waals surface area contributed by atoms with Crippen LogP contribution in [-0.2, 0) is 29.0 Å². The quantitative estimate of drug-likeness (QED) is 0.831. The van der Waals surface area contributed by atoms with Crippen LogP contribution in [0.5, 0.6) is 0 Å². The predicted octanol–water partition coefficient (Wildman–Crippen LogP) is 3.37. The molecule has 0 heterocycles. The van der Waals surface area contributed by atoms with Crippen molar-refractivity contribution in [1.82, 2.24) is 10.6 Å². The average molecular weight is 350 g/mol. The summed E-state index contributed by atoms with van der Waals surface area (Å²) >= 11 is 0. The summed E-state index contributed by atoms with van der Waals surface area (Å²) in [5.74, 6) is -1.20. The second-order valence-electron chi connectivity index (χ2n) is 7.10. The topological polar surface area (TPSA) is 58.2 Å². The van der Waals surface area contributed by atoms with Crippen LogP contribution in [0.3, 0.4) is 0 Å². The van der Waals surface area contributed by atoms with Gasteiger partial charge in [0.2, 0.25) is 0 Å². The Morgan fingerprint density at radius 3 is 2.38 bits per heavy atom. The second kappa shape index (κ2) is 8.17. The van der Waals surface area contributed by atoms with E-state index in [1.54, 1.807) is 0 Å². The summed E-state index contributed by atoms with van der Waals surface area (Å²) in [7, 11) is 0. The first kappa shape index (κ1) is 18.2. The van der Waals surface area contributed by atoms with Gasteiger partial charge in [-0.15, -0.1) is 0 Å². The number of carbonyl (C=O) groups excluding carboxylic acids is 2. The van der Waals surface area contributed by atoms with E-state index in [2.05, 4.69) is 28.8 Å². The fourth-order valence-electron chi connectivity index (χ4n) is 3.34. The van der Waals surface area contributed by atoms with Crippen molar-refractivity contribution in [2.24, 2.45) is 0 Å². The van der Waals surface area contributed by atoms with Gasteiger partial charge in [0, 0.05) is 6.54 Å². The first-order valence-electron chi connectivity index (χ1n) is 9.29. The summed E-state index contributed by atoms with van der Waals surface area (Å²) in [6.07, 6.45) is 4.71. The van der Waals surface area contributed by atoms with Crippen molar-refractivity contribution in [3.8, 4) is 0 Å². The molecule has 0 saturated heterocycles. The molecule has 26 heavy (non-hydrogen) atoms. The highest BCUT2D eigenvalue weighted by Gasteiger charge is 2.18. The minimum atomic E-state index is -0.601. The van der Waals surface area contributed by atoms with Gasteiger partial charge in [-0.1, -0.05) is 48.0 Å². The van der Waals surface area contributed by atoms with Crippen molar-refractivity contribution in [1.29, 1.82) is 0 Å². The van der Waals surface area contributed by atoms with Gasteiger partial charge in [-0.05, 0) is 61.8 Å². The molecule has 0 saturated carbocycles. The zero-order chi connectivity index (χ0) is 18.5. The summed E-state index contributed by atoms with van der Waals surface area (Å²) in [6, 6.07) is 14.1. The maximum atomic E-state index is 12.2. The highest BCUT2D eigenvalue weighted by Crippen LogP contribution is 2.24. The average Bonchev–Trinajstić information content (AvgIpc) is 2.66. The van der Waals surface area contributed by atoms with Gasteiger partial charge in [-0.3, -0.25) is 9.59 Å². The fourth-order valence-corrected chi connectivity index (χ4v) is 3.34. The van der Waals surface area contributed by atoms with Crippen molar-refractivity contribution in [2.45, 2.75) is 52.1 Å². The molecule has 136 valence electrons. The van der Waals surface area contributed by atoms with Gasteiger partial charge in [-0.2, -0.15) is 0 Å². The van der Waals surface area contributed by atoms with Gasteiger partial charge in [0.15, 0.2) is 0 Å². The third kappa shape index (κ3) is 4.51. The first-order chi connectivity index (χ1) is 12.5. The van der Waals surface area contributed by atoms with Gasteiger partial charge >= 0.3 is 11.8 Å². The Bertz CT molecular complexity index is 796. The van der Waals surface area contributed by atoms with E-state index in [4.69, 9.17) is 0 Å². The zero-order valence-electron chi connectivity index (χ0n) is 15.5. The minimum Gasteiger partial charge on any atom is -0.344 e. The predicted molar refractivity (Wildman–Crippen MR) is 103 cm³/mol. The van der Waals surface area contributed by atoms with E-state index in [-0.39, 0.29) is 6.04 Å². The van der Waals surface area contributed by atoms with E-state index in [0.717, 1.165) is 29.5 Å². The number of amides is 2. The van der Waals surface area contributed by atoms with Gasteiger partial charge in [0.1, 0.15) is 0 Å². The third-order valence-electron chi connectivity index (χ3n) is 5.00. The normalized spacial score (nSPS) is 14.2. The smallest absolute Gasteiger partial charge is 0.309 e. The van der Waals surface area contributed by atoms with Gasteiger partial charge in [0.05, 0.1) is 6.04 Å². The molecule has 1 aliphatic rings. The van der Waals surface area contributed by atoms with E-state index >= 15 is 0 Å². The van der Waals surface area contributed by atoms with Gasteiger partial charge in [-0.25, -0.2) is 0 Å². The lowest BCUT2D eigenvalue weighted by atomic mass is 9.89. The summed E-state index contributed by atoms with van der Waals surface area (Å²) in [5.41, 5.74) is 5.97. The highest BCUT2D eigenvalue weighted by atomic mass is 16.2. The molecule has 1 atom stereocenters. The molecule has 0 bridgehead atoms. The number of benzene rings is 2. The lowest BCUT2D eigenvalue weighted by Crippen LogP contribution is -2.40. The molecule has 0 aliphatic heterocycles. The van der Waals surface area contributed by atoms with E-state index in [1.807, 2.05) is 38.1 Å². The van der Waals surface area contributed by atoms with Crippen LogP contribution in [0.25, 0.3) is 0 Å². The number of nitrogens with one attached hydrogen (secondary N) is 2. The molecule has 2 aromatic carbocycles. The lowest BCUT2D eigenvalue weighted by molar-refractivity contribution is -0.139. The van der Waals surface area contributed by atoms with Crippen LogP contribution in [0, 0.1) is 6.92 Å². The van der Waals surface area contributed by atoms with Crippen molar-refractivity contribution in [3.63, 3.8) is 0 Å². The lowest BCUT2D eigenvalue weighted by Gasteiger charge is -2.20. The number of fused-ring (bicyclic) bond motifs is 1. The molecule has 4 heteroatoms. The van der Waals surface area contributed by atoms with E-state index < -0.39 is 11.8 Å². The van der Waals surface area contributed by atoms with E-state index in [1.165, 1.54) is 24.0 Å². The Kier molecular flexibility index (Phi) is 5.71. The standard InChI is InChI=1S/C22H26N2O2/c1-15-7-9-17(10-8-15)14-23-21(25)22(26)24-16(2)19-12-11-18-5-3-4-6-20(18)13-19/h7-13,16H,3-6,14H2,1-2H3,(H,23,25)(H,24,26). The molecule has 0 radical (unpaired) electrons.